The highest BCUT2D eigenvalue weighted by Gasteiger charge is 2.19. The molecule has 26 heavy (non-hydrogen) atoms. The molecule has 0 aliphatic rings. The summed E-state index contributed by atoms with van der Waals surface area (Å²) in [7, 11) is 1.82. The number of nitrogens with zero attached hydrogens (tertiary/aromatic N) is 3. The number of aromatic nitrogens is 2. The summed E-state index contributed by atoms with van der Waals surface area (Å²) in [5.74, 6) is 0.0809. The number of thioether (sulfide) groups is 1. The second-order valence-electron chi connectivity index (χ2n) is 6.04. The Kier molecular flexibility index (Phi) is 6.01. The first-order chi connectivity index (χ1) is 12.5. The predicted octanol–water partition coefficient (Wildman–Crippen LogP) is 4.66. The van der Waals surface area contributed by atoms with Crippen LogP contribution in [0.15, 0.2) is 71.9 Å². The molecule has 4 nitrogen and oxygen atoms in total. The van der Waals surface area contributed by atoms with Crippen molar-refractivity contribution in [3.05, 3.63) is 77.6 Å². The van der Waals surface area contributed by atoms with E-state index >= 15 is 0 Å². The zero-order chi connectivity index (χ0) is 18.5. The lowest BCUT2D eigenvalue weighted by atomic mass is 10.3. The number of carbonyl (C=O) groups excluding carboxylic acids is 1. The van der Waals surface area contributed by atoms with Gasteiger partial charge in [0.25, 0.3) is 0 Å². The van der Waals surface area contributed by atoms with Crippen molar-refractivity contribution in [1.82, 2.24) is 14.7 Å². The maximum absolute atomic E-state index is 12.6. The van der Waals surface area contributed by atoms with Gasteiger partial charge in [0, 0.05) is 35.3 Å². The van der Waals surface area contributed by atoms with E-state index in [1.165, 1.54) is 11.8 Å². The molecule has 0 N–H and O–H groups in total. The smallest absolute Gasteiger partial charge is 0.235 e. The fourth-order valence-electron chi connectivity index (χ4n) is 2.59. The molecular formula is C20H20ClN3OS. The zero-order valence-electron chi connectivity index (χ0n) is 14.7. The van der Waals surface area contributed by atoms with Crippen molar-refractivity contribution in [2.45, 2.75) is 23.6 Å². The number of hydrogen-bond acceptors (Lipinski definition) is 3. The lowest BCUT2D eigenvalue weighted by Gasteiger charge is -2.20. The monoisotopic (exact) mass is 385 g/mol. The number of rotatable bonds is 6. The molecule has 0 bridgehead atoms. The van der Waals surface area contributed by atoms with Crippen LogP contribution in [0, 0.1) is 0 Å². The van der Waals surface area contributed by atoms with E-state index in [1.54, 1.807) is 11.1 Å². The third-order valence-corrected chi connectivity index (χ3v) is 5.28. The molecule has 1 heterocycles. The van der Waals surface area contributed by atoms with Crippen molar-refractivity contribution in [3.63, 3.8) is 0 Å². The summed E-state index contributed by atoms with van der Waals surface area (Å²) in [6.07, 6.45) is 3.75. The van der Waals surface area contributed by atoms with Gasteiger partial charge in [0.05, 0.1) is 17.1 Å². The van der Waals surface area contributed by atoms with Crippen LogP contribution >= 0.6 is 23.4 Å². The topological polar surface area (TPSA) is 38.1 Å². The average Bonchev–Trinajstić information content (AvgIpc) is 3.12. The lowest BCUT2D eigenvalue weighted by molar-refractivity contribution is -0.129. The van der Waals surface area contributed by atoms with Crippen LogP contribution in [0.4, 0.5) is 0 Å². The zero-order valence-corrected chi connectivity index (χ0v) is 16.2. The largest absolute Gasteiger partial charge is 0.340 e. The summed E-state index contributed by atoms with van der Waals surface area (Å²) in [6.45, 7) is 2.45. The minimum absolute atomic E-state index is 0.0809. The van der Waals surface area contributed by atoms with Gasteiger partial charge in [-0.1, -0.05) is 29.8 Å². The summed E-state index contributed by atoms with van der Waals surface area (Å²) in [6, 6.07) is 17.4. The SMILES string of the molecule is CC(Sc1ccc(Cl)cc1)C(=O)N(C)Cc1cnn(-c2ccccc2)c1. The van der Waals surface area contributed by atoms with E-state index in [2.05, 4.69) is 5.10 Å². The average molecular weight is 386 g/mol. The molecule has 0 radical (unpaired) electrons. The summed E-state index contributed by atoms with van der Waals surface area (Å²) >= 11 is 7.44. The molecule has 134 valence electrons. The molecule has 0 aliphatic carbocycles. The van der Waals surface area contributed by atoms with Crippen LogP contribution in [0.1, 0.15) is 12.5 Å². The number of hydrogen-bond donors (Lipinski definition) is 0. The Balaban J connectivity index is 1.60. The number of amides is 1. The lowest BCUT2D eigenvalue weighted by Crippen LogP contribution is -2.32. The van der Waals surface area contributed by atoms with Gasteiger partial charge in [-0.15, -0.1) is 11.8 Å². The quantitative estimate of drug-likeness (QED) is 0.579. The van der Waals surface area contributed by atoms with Crippen LogP contribution in [0.2, 0.25) is 5.02 Å². The van der Waals surface area contributed by atoms with Crippen molar-refractivity contribution in [2.75, 3.05) is 7.05 Å². The molecule has 0 aliphatic heterocycles. The van der Waals surface area contributed by atoms with E-state index in [4.69, 9.17) is 11.6 Å². The molecule has 6 heteroatoms. The molecular weight excluding hydrogens is 366 g/mol. The highest BCUT2D eigenvalue weighted by atomic mass is 35.5. The second-order valence-corrected chi connectivity index (χ2v) is 7.89. The van der Waals surface area contributed by atoms with Gasteiger partial charge in [0.2, 0.25) is 5.91 Å². The summed E-state index contributed by atoms with van der Waals surface area (Å²) in [5.41, 5.74) is 1.99. The standard InChI is InChI=1S/C20H20ClN3OS/c1-15(26-19-10-8-17(21)9-11-19)20(25)23(2)13-16-12-22-24(14-16)18-6-4-3-5-7-18/h3-12,14-15H,13H2,1-2H3. The van der Waals surface area contributed by atoms with Crippen LogP contribution in [0.5, 0.6) is 0 Å². The Morgan fingerprint density at radius 2 is 1.88 bits per heavy atom. The van der Waals surface area contributed by atoms with Gasteiger partial charge < -0.3 is 4.90 Å². The van der Waals surface area contributed by atoms with Crippen molar-refractivity contribution in [2.24, 2.45) is 0 Å². The Bertz CT molecular complexity index is 864. The Morgan fingerprint density at radius 3 is 2.58 bits per heavy atom. The highest BCUT2D eigenvalue weighted by molar-refractivity contribution is 8.00. The number of benzene rings is 2. The van der Waals surface area contributed by atoms with Gasteiger partial charge in [-0.3, -0.25) is 4.79 Å². The Hall–Kier alpha value is -2.24. The number of para-hydroxylation sites is 1. The molecule has 3 aromatic rings. The molecule has 3 rings (SSSR count). The van der Waals surface area contributed by atoms with Crippen molar-refractivity contribution < 1.29 is 4.79 Å². The van der Waals surface area contributed by atoms with Gasteiger partial charge in [-0.25, -0.2) is 4.68 Å². The maximum Gasteiger partial charge on any atom is 0.235 e. The van der Waals surface area contributed by atoms with Gasteiger partial charge >= 0.3 is 0 Å². The normalized spacial score (nSPS) is 12.0. The predicted molar refractivity (Wildman–Crippen MR) is 107 cm³/mol. The van der Waals surface area contributed by atoms with Crippen LogP contribution < -0.4 is 0 Å². The highest BCUT2D eigenvalue weighted by Crippen LogP contribution is 2.26. The molecule has 0 saturated carbocycles. The van der Waals surface area contributed by atoms with E-state index in [0.29, 0.717) is 11.6 Å². The number of halogens is 1. The Morgan fingerprint density at radius 1 is 1.19 bits per heavy atom. The molecule has 0 fully saturated rings. The summed E-state index contributed by atoms with van der Waals surface area (Å²) in [4.78, 5) is 15.4. The minimum Gasteiger partial charge on any atom is -0.340 e. The maximum atomic E-state index is 12.6. The molecule has 0 spiro atoms. The van der Waals surface area contributed by atoms with E-state index in [0.717, 1.165) is 16.1 Å². The number of carbonyl (C=O) groups is 1. The van der Waals surface area contributed by atoms with Crippen LogP contribution in [0.3, 0.4) is 0 Å². The molecule has 1 amide bonds. The minimum atomic E-state index is -0.176. The molecule has 1 unspecified atom stereocenters. The van der Waals surface area contributed by atoms with Crippen molar-refractivity contribution >= 4 is 29.3 Å². The molecule has 0 saturated heterocycles. The molecule has 2 aromatic carbocycles. The van der Waals surface area contributed by atoms with E-state index < -0.39 is 0 Å². The van der Waals surface area contributed by atoms with E-state index in [1.807, 2.05) is 79.4 Å². The van der Waals surface area contributed by atoms with Gasteiger partial charge in [0.1, 0.15) is 0 Å². The fraction of sp³-hybridized carbons (Fsp3) is 0.200. The van der Waals surface area contributed by atoms with Crippen LogP contribution in [-0.4, -0.2) is 32.9 Å². The van der Waals surface area contributed by atoms with Crippen LogP contribution in [0.25, 0.3) is 5.69 Å². The first kappa shape index (κ1) is 18.5. The van der Waals surface area contributed by atoms with Crippen LogP contribution in [-0.2, 0) is 11.3 Å². The Labute approximate surface area is 162 Å². The third kappa shape index (κ3) is 4.68. The fourth-order valence-corrected chi connectivity index (χ4v) is 3.70. The third-order valence-electron chi connectivity index (χ3n) is 3.93. The summed E-state index contributed by atoms with van der Waals surface area (Å²) < 4.78 is 1.82. The van der Waals surface area contributed by atoms with E-state index in [-0.39, 0.29) is 11.2 Å². The van der Waals surface area contributed by atoms with Gasteiger partial charge in [0.15, 0.2) is 0 Å². The molecule has 1 aromatic heterocycles. The summed E-state index contributed by atoms with van der Waals surface area (Å²) in [5, 5.41) is 4.90. The first-order valence-corrected chi connectivity index (χ1v) is 9.55. The second kappa shape index (κ2) is 8.43. The van der Waals surface area contributed by atoms with E-state index in [9.17, 15) is 4.79 Å². The van der Waals surface area contributed by atoms with Crippen molar-refractivity contribution in [1.29, 1.82) is 0 Å². The van der Waals surface area contributed by atoms with Crippen molar-refractivity contribution in [3.8, 4) is 5.69 Å². The molecule has 1 atom stereocenters. The first-order valence-electron chi connectivity index (χ1n) is 8.29. The van der Waals surface area contributed by atoms with Gasteiger partial charge in [-0.05, 0) is 43.3 Å². The van der Waals surface area contributed by atoms with Gasteiger partial charge in [-0.2, -0.15) is 5.10 Å².